The fourth-order valence-corrected chi connectivity index (χ4v) is 2.04. The molecule has 2 rings (SSSR count). The molecule has 0 radical (unpaired) electrons. The minimum Gasteiger partial charge on any atom is -0.364 e. The average Bonchev–Trinajstić information content (AvgIpc) is 2.48. The molecular weight excluding hydrogens is 339 g/mol. The molecular formula is C14H14BrFN4O. The normalized spacial score (nSPS) is 10.3. The SMILES string of the molecule is CN(C)C(=O)c1ccc(NCc2cc(Br)ccc2F)nn1. The third-order valence-electron chi connectivity index (χ3n) is 2.76. The molecule has 0 bridgehead atoms. The van der Waals surface area contributed by atoms with E-state index >= 15 is 0 Å². The summed E-state index contributed by atoms with van der Waals surface area (Å²) in [7, 11) is 3.29. The van der Waals surface area contributed by atoms with E-state index in [1.54, 1.807) is 38.4 Å². The molecule has 0 unspecified atom stereocenters. The van der Waals surface area contributed by atoms with E-state index < -0.39 is 0 Å². The first-order valence-electron chi connectivity index (χ1n) is 6.20. The summed E-state index contributed by atoms with van der Waals surface area (Å²) >= 11 is 3.30. The molecule has 0 atom stereocenters. The number of aromatic nitrogens is 2. The van der Waals surface area contributed by atoms with Gasteiger partial charge in [-0.25, -0.2) is 4.39 Å². The molecule has 1 amide bonds. The van der Waals surface area contributed by atoms with Crippen molar-refractivity contribution in [2.75, 3.05) is 19.4 Å². The van der Waals surface area contributed by atoms with Crippen LogP contribution < -0.4 is 5.32 Å². The van der Waals surface area contributed by atoms with Crippen LogP contribution in [-0.4, -0.2) is 35.1 Å². The molecule has 0 aliphatic rings. The Balaban J connectivity index is 2.04. The highest BCUT2D eigenvalue weighted by atomic mass is 79.9. The number of carbonyl (C=O) groups is 1. The van der Waals surface area contributed by atoms with E-state index in [0.29, 0.717) is 11.4 Å². The summed E-state index contributed by atoms with van der Waals surface area (Å²) < 4.78 is 14.4. The monoisotopic (exact) mass is 352 g/mol. The number of benzene rings is 1. The molecule has 1 heterocycles. The Hall–Kier alpha value is -2.02. The van der Waals surface area contributed by atoms with Crippen LogP contribution in [0.5, 0.6) is 0 Å². The second kappa shape index (κ2) is 6.62. The zero-order valence-corrected chi connectivity index (χ0v) is 13.2. The van der Waals surface area contributed by atoms with Crippen molar-refractivity contribution in [3.63, 3.8) is 0 Å². The third kappa shape index (κ3) is 3.98. The highest BCUT2D eigenvalue weighted by Crippen LogP contribution is 2.16. The second-order valence-electron chi connectivity index (χ2n) is 4.59. The van der Waals surface area contributed by atoms with Gasteiger partial charge < -0.3 is 10.2 Å². The fraction of sp³-hybridized carbons (Fsp3) is 0.214. The molecule has 0 saturated carbocycles. The number of rotatable bonds is 4. The third-order valence-corrected chi connectivity index (χ3v) is 3.25. The highest BCUT2D eigenvalue weighted by molar-refractivity contribution is 9.10. The van der Waals surface area contributed by atoms with E-state index in [4.69, 9.17) is 0 Å². The van der Waals surface area contributed by atoms with Gasteiger partial charge in [-0.1, -0.05) is 15.9 Å². The van der Waals surface area contributed by atoms with Gasteiger partial charge in [0.1, 0.15) is 11.6 Å². The van der Waals surface area contributed by atoms with Gasteiger partial charge in [0.15, 0.2) is 5.69 Å². The minimum absolute atomic E-state index is 0.216. The summed E-state index contributed by atoms with van der Waals surface area (Å²) in [5.74, 6) is -0.0326. The van der Waals surface area contributed by atoms with Crippen LogP contribution in [-0.2, 0) is 6.54 Å². The molecule has 5 nitrogen and oxygen atoms in total. The standard InChI is InChI=1S/C14H14BrFN4O/c1-20(2)14(21)12-5-6-13(19-18-12)17-8-9-7-10(15)3-4-11(9)16/h3-7H,8H2,1-2H3,(H,17,19). The van der Waals surface area contributed by atoms with Crippen LogP contribution in [0.4, 0.5) is 10.2 Å². The average molecular weight is 353 g/mol. The number of halogens is 2. The first-order chi connectivity index (χ1) is 9.97. The lowest BCUT2D eigenvalue weighted by Crippen LogP contribution is -2.23. The Kier molecular flexibility index (Phi) is 4.85. The maximum Gasteiger partial charge on any atom is 0.273 e. The number of carbonyl (C=O) groups excluding carboxylic acids is 1. The van der Waals surface area contributed by atoms with Gasteiger partial charge in [-0.15, -0.1) is 10.2 Å². The van der Waals surface area contributed by atoms with Crippen molar-refractivity contribution < 1.29 is 9.18 Å². The van der Waals surface area contributed by atoms with Crippen LogP contribution in [0.1, 0.15) is 16.1 Å². The van der Waals surface area contributed by atoms with E-state index in [-0.39, 0.29) is 24.0 Å². The molecule has 1 aromatic heterocycles. The lowest BCUT2D eigenvalue weighted by molar-refractivity contribution is 0.0821. The Labute approximate surface area is 130 Å². The summed E-state index contributed by atoms with van der Waals surface area (Å²) in [6, 6.07) is 7.94. The molecule has 110 valence electrons. The fourth-order valence-electron chi connectivity index (χ4n) is 1.63. The van der Waals surface area contributed by atoms with Gasteiger partial charge in [0.25, 0.3) is 5.91 Å². The molecule has 0 aliphatic carbocycles. The van der Waals surface area contributed by atoms with E-state index in [2.05, 4.69) is 31.4 Å². The van der Waals surface area contributed by atoms with E-state index in [1.165, 1.54) is 11.0 Å². The summed E-state index contributed by atoms with van der Waals surface area (Å²) in [5, 5.41) is 10.7. The first-order valence-corrected chi connectivity index (χ1v) is 7.00. The maximum atomic E-state index is 13.6. The zero-order valence-electron chi connectivity index (χ0n) is 11.6. The number of amides is 1. The molecule has 7 heteroatoms. The van der Waals surface area contributed by atoms with Crippen LogP contribution in [0.2, 0.25) is 0 Å². The van der Waals surface area contributed by atoms with Crippen LogP contribution >= 0.6 is 15.9 Å². The molecule has 21 heavy (non-hydrogen) atoms. The van der Waals surface area contributed by atoms with Crippen molar-refractivity contribution in [1.82, 2.24) is 15.1 Å². The van der Waals surface area contributed by atoms with Gasteiger partial charge >= 0.3 is 0 Å². The summed E-state index contributed by atoms with van der Waals surface area (Å²) in [5.41, 5.74) is 0.777. The maximum absolute atomic E-state index is 13.6. The van der Waals surface area contributed by atoms with Crippen LogP contribution in [0, 0.1) is 5.82 Å². The predicted octanol–water partition coefficient (Wildman–Crippen LogP) is 2.69. The van der Waals surface area contributed by atoms with E-state index in [1.807, 2.05) is 0 Å². The number of nitrogens with one attached hydrogen (secondary N) is 1. The summed E-state index contributed by atoms with van der Waals surface area (Å²) in [4.78, 5) is 13.1. The Morgan fingerprint density at radius 2 is 2.05 bits per heavy atom. The molecule has 1 N–H and O–H groups in total. The topological polar surface area (TPSA) is 58.1 Å². The smallest absolute Gasteiger partial charge is 0.273 e. The van der Waals surface area contributed by atoms with Gasteiger partial charge in [0, 0.05) is 30.7 Å². The lowest BCUT2D eigenvalue weighted by Gasteiger charge is -2.10. The Morgan fingerprint density at radius 1 is 1.29 bits per heavy atom. The van der Waals surface area contributed by atoms with E-state index in [0.717, 1.165) is 4.47 Å². The largest absolute Gasteiger partial charge is 0.364 e. The molecule has 0 spiro atoms. The molecule has 0 saturated heterocycles. The van der Waals surface area contributed by atoms with Gasteiger partial charge in [-0.05, 0) is 30.3 Å². The number of hydrogen-bond acceptors (Lipinski definition) is 4. The summed E-state index contributed by atoms with van der Waals surface area (Å²) in [6.07, 6.45) is 0. The van der Waals surface area contributed by atoms with Gasteiger partial charge in [0.05, 0.1) is 0 Å². The highest BCUT2D eigenvalue weighted by Gasteiger charge is 2.10. The van der Waals surface area contributed by atoms with Gasteiger partial charge in [0.2, 0.25) is 0 Å². The van der Waals surface area contributed by atoms with Crippen molar-refractivity contribution in [3.05, 3.63) is 51.9 Å². The minimum atomic E-state index is -0.293. The molecule has 2 aromatic rings. The molecule has 1 aromatic carbocycles. The van der Waals surface area contributed by atoms with Crippen LogP contribution in [0.15, 0.2) is 34.8 Å². The molecule has 0 aliphatic heterocycles. The van der Waals surface area contributed by atoms with Crippen molar-refractivity contribution in [2.45, 2.75) is 6.54 Å². The molecule has 0 fully saturated rings. The zero-order chi connectivity index (χ0) is 15.4. The second-order valence-corrected chi connectivity index (χ2v) is 5.51. The van der Waals surface area contributed by atoms with Crippen molar-refractivity contribution >= 4 is 27.7 Å². The Morgan fingerprint density at radius 3 is 2.67 bits per heavy atom. The lowest BCUT2D eigenvalue weighted by atomic mass is 10.2. The van der Waals surface area contributed by atoms with Crippen molar-refractivity contribution in [1.29, 1.82) is 0 Å². The van der Waals surface area contributed by atoms with Crippen molar-refractivity contribution in [2.24, 2.45) is 0 Å². The van der Waals surface area contributed by atoms with Crippen LogP contribution in [0.25, 0.3) is 0 Å². The van der Waals surface area contributed by atoms with E-state index in [9.17, 15) is 9.18 Å². The number of hydrogen-bond donors (Lipinski definition) is 1. The summed E-state index contributed by atoms with van der Waals surface area (Å²) in [6.45, 7) is 0.279. The van der Waals surface area contributed by atoms with Crippen molar-refractivity contribution in [3.8, 4) is 0 Å². The Bertz CT molecular complexity index is 646. The quantitative estimate of drug-likeness (QED) is 0.918. The van der Waals surface area contributed by atoms with Crippen LogP contribution in [0.3, 0.4) is 0 Å². The number of nitrogens with zero attached hydrogens (tertiary/aromatic N) is 3. The van der Waals surface area contributed by atoms with Gasteiger partial charge in [-0.3, -0.25) is 4.79 Å². The van der Waals surface area contributed by atoms with Gasteiger partial charge in [-0.2, -0.15) is 0 Å². The first kappa shape index (κ1) is 15.4. The predicted molar refractivity (Wildman–Crippen MR) is 81.5 cm³/mol. The number of anilines is 1.